The molecule has 0 radical (unpaired) electrons. The largest absolute Gasteiger partial charge is 0.468 e. The Balaban J connectivity index is 1.55. The van der Waals surface area contributed by atoms with Crippen LogP contribution in [0.3, 0.4) is 0 Å². The molecule has 0 spiro atoms. The summed E-state index contributed by atoms with van der Waals surface area (Å²) in [5.74, 6) is 0.375. The van der Waals surface area contributed by atoms with Crippen molar-refractivity contribution in [2.24, 2.45) is 0 Å². The van der Waals surface area contributed by atoms with Crippen LogP contribution in [-0.4, -0.2) is 83.0 Å². The SMILES string of the molecule is COC(=O)CSCCC(=O)N1CCN(S(=O)(=O)c2cccc3nsnc23)CC1. The van der Waals surface area contributed by atoms with Gasteiger partial charge in [0.05, 0.1) is 24.6 Å². The molecule has 1 saturated heterocycles. The summed E-state index contributed by atoms with van der Waals surface area (Å²) in [5, 5.41) is 0. The Kier molecular flexibility index (Phi) is 6.86. The van der Waals surface area contributed by atoms with E-state index in [1.165, 1.54) is 29.2 Å². The van der Waals surface area contributed by atoms with Crippen molar-refractivity contribution < 1.29 is 22.7 Å². The highest BCUT2D eigenvalue weighted by atomic mass is 32.2. The molecule has 1 fully saturated rings. The van der Waals surface area contributed by atoms with Gasteiger partial charge in [0.2, 0.25) is 15.9 Å². The lowest BCUT2D eigenvalue weighted by molar-refractivity contribution is -0.137. The van der Waals surface area contributed by atoms with Crippen molar-refractivity contribution in [3.05, 3.63) is 18.2 Å². The number of nitrogens with zero attached hydrogens (tertiary/aromatic N) is 4. The lowest BCUT2D eigenvalue weighted by atomic mass is 10.3. The van der Waals surface area contributed by atoms with Crippen LogP contribution in [0.2, 0.25) is 0 Å². The molecule has 152 valence electrons. The fraction of sp³-hybridized carbons (Fsp3) is 0.500. The second-order valence-corrected chi connectivity index (χ2v) is 9.59. The van der Waals surface area contributed by atoms with Gasteiger partial charge in [0.25, 0.3) is 0 Å². The molecule has 0 N–H and O–H groups in total. The molecule has 1 aliphatic rings. The second-order valence-electron chi connectivity index (χ2n) is 6.05. The van der Waals surface area contributed by atoms with Gasteiger partial charge in [0.1, 0.15) is 15.9 Å². The molecule has 0 bridgehead atoms. The number of aromatic nitrogens is 2. The minimum atomic E-state index is -3.70. The van der Waals surface area contributed by atoms with Crippen LogP contribution in [0.15, 0.2) is 23.1 Å². The molecule has 28 heavy (non-hydrogen) atoms. The maximum atomic E-state index is 13.0. The molecule has 1 aliphatic heterocycles. The smallest absolute Gasteiger partial charge is 0.315 e. The number of benzene rings is 1. The summed E-state index contributed by atoms with van der Waals surface area (Å²) in [4.78, 5) is 25.2. The second kappa shape index (κ2) is 9.16. The molecule has 1 aromatic heterocycles. The Labute approximate surface area is 171 Å². The minimum absolute atomic E-state index is 0.0415. The molecular formula is C16H20N4O5S3. The third-order valence-electron chi connectivity index (χ3n) is 4.37. The van der Waals surface area contributed by atoms with Crippen LogP contribution in [0.5, 0.6) is 0 Å². The quantitative estimate of drug-likeness (QED) is 0.456. The van der Waals surface area contributed by atoms with Crippen molar-refractivity contribution in [3.8, 4) is 0 Å². The number of thioether (sulfide) groups is 1. The van der Waals surface area contributed by atoms with E-state index in [1.54, 1.807) is 17.0 Å². The van der Waals surface area contributed by atoms with E-state index in [4.69, 9.17) is 0 Å². The molecule has 2 heterocycles. The molecule has 12 heteroatoms. The first-order valence-electron chi connectivity index (χ1n) is 8.57. The minimum Gasteiger partial charge on any atom is -0.468 e. The van der Waals surface area contributed by atoms with E-state index in [1.807, 2.05) is 0 Å². The molecule has 2 aromatic rings. The number of fused-ring (bicyclic) bond motifs is 1. The normalized spacial score (nSPS) is 15.7. The molecule has 0 aliphatic carbocycles. The number of sulfonamides is 1. The van der Waals surface area contributed by atoms with Crippen molar-refractivity contribution in [1.82, 2.24) is 18.0 Å². The van der Waals surface area contributed by atoms with E-state index >= 15 is 0 Å². The van der Waals surface area contributed by atoms with Gasteiger partial charge in [-0.25, -0.2) is 8.42 Å². The lowest BCUT2D eigenvalue weighted by Gasteiger charge is -2.34. The van der Waals surface area contributed by atoms with Gasteiger partial charge in [0, 0.05) is 38.4 Å². The predicted octanol–water partition coefficient (Wildman–Crippen LogP) is 0.820. The summed E-state index contributed by atoms with van der Waals surface area (Å²) in [5.41, 5.74) is 0.943. The van der Waals surface area contributed by atoms with Gasteiger partial charge in [-0.1, -0.05) is 6.07 Å². The van der Waals surface area contributed by atoms with Gasteiger partial charge in [-0.15, -0.1) is 11.8 Å². The number of rotatable bonds is 7. The first kappa shape index (κ1) is 21.0. The predicted molar refractivity (Wildman–Crippen MR) is 107 cm³/mol. The van der Waals surface area contributed by atoms with Gasteiger partial charge in [-0.05, 0) is 12.1 Å². The number of methoxy groups -OCH3 is 1. The maximum Gasteiger partial charge on any atom is 0.315 e. The monoisotopic (exact) mass is 444 g/mol. The summed E-state index contributed by atoms with van der Waals surface area (Å²) in [6, 6.07) is 4.92. The standard InChI is InChI=1S/C16H20N4O5S3/c1-25-15(22)11-26-10-5-14(21)19-6-8-20(9-7-19)28(23,24)13-4-2-3-12-16(13)18-27-17-12/h2-4H,5-11H2,1H3. The van der Waals surface area contributed by atoms with Gasteiger partial charge in [0.15, 0.2) is 0 Å². The first-order chi connectivity index (χ1) is 13.4. The number of piperazine rings is 1. The van der Waals surface area contributed by atoms with Crippen molar-refractivity contribution in [1.29, 1.82) is 0 Å². The number of esters is 1. The third kappa shape index (κ3) is 4.62. The number of amides is 1. The van der Waals surface area contributed by atoms with Crippen LogP contribution >= 0.6 is 23.5 Å². The zero-order valence-electron chi connectivity index (χ0n) is 15.2. The third-order valence-corrected chi connectivity index (χ3v) is 7.77. The number of ether oxygens (including phenoxy) is 1. The summed E-state index contributed by atoms with van der Waals surface area (Å²) < 4.78 is 40.1. The Bertz CT molecular complexity index is 954. The number of carbonyl (C=O) groups excluding carboxylic acids is 2. The van der Waals surface area contributed by atoms with E-state index in [0.29, 0.717) is 36.3 Å². The Morgan fingerprint density at radius 3 is 2.68 bits per heavy atom. The summed E-state index contributed by atoms with van der Waals surface area (Å²) >= 11 is 2.32. The molecule has 9 nitrogen and oxygen atoms in total. The molecule has 3 rings (SSSR count). The van der Waals surface area contributed by atoms with Crippen molar-refractivity contribution in [2.45, 2.75) is 11.3 Å². The molecular weight excluding hydrogens is 424 g/mol. The zero-order valence-corrected chi connectivity index (χ0v) is 17.7. The van der Waals surface area contributed by atoms with Gasteiger partial charge >= 0.3 is 5.97 Å². The van der Waals surface area contributed by atoms with E-state index in [2.05, 4.69) is 13.5 Å². The molecule has 1 aromatic carbocycles. The molecule has 0 atom stereocenters. The van der Waals surface area contributed by atoms with Crippen LogP contribution in [-0.2, 0) is 24.3 Å². The van der Waals surface area contributed by atoms with Crippen LogP contribution in [0.1, 0.15) is 6.42 Å². The number of carbonyl (C=O) groups is 2. The van der Waals surface area contributed by atoms with Crippen LogP contribution in [0, 0.1) is 0 Å². The fourth-order valence-corrected chi connectivity index (χ4v) is 5.76. The van der Waals surface area contributed by atoms with Gasteiger partial charge < -0.3 is 9.64 Å². The van der Waals surface area contributed by atoms with Crippen LogP contribution < -0.4 is 0 Å². The summed E-state index contributed by atoms with van der Waals surface area (Å²) in [7, 11) is -2.37. The van der Waals surface area contributed by atoms with Gasteiger partial charge in [-0.2, -0.15) is 13.1 Å². The highest BCUT2D eigenvalue weighted by molar-refractivity contribution is 7.99. The molecule has 1 amide bonds. The van der Waals surface area contributed by atoms with Crippen LogP contribution in [0.25, 0.3) is 11.0 Å². The molecule has 0 saturated carbocycles. The Hall–Kier alpha value is -1.76. The van der Waals surface area contributed by atoms with E-state index in [9.17, 15) is 18.0 Å². The topological polar surface area (TPSA) is 110 Å². The lowest BCUT2D eigenvalue weighted by Crippen LogP contribution is -2.50. The summed E-state index contributed by atoms with van der Waals surface area (Å²) in [6.45, 7) is 1.14. The Morgan fingerprint density at radius 1 is 1.21 bits per heavy atom. The van der Waals surface area contributed by atoms with E-state index in [-0.39, 0.29) is 35.6 Å². The van der Waals surface area contributed by atoms with E-state index in [0.717, 1.165) is 11.7 Å². The number of hydrogen-bond acceptors (Lipinski definition) is 9. The van der Waals surface area contributed by atoms with Crippen molar-refractivity contribution >= 4 is 56.4 Å². The van der Waals surface area contributed by atoms with E-state index < -0.39 is 10.0 Å². The zero-order chi connectivity index (χ0) is 20.1. The average molecular weight is 445 g/mol. The maximum absolute atomic E-state index is 13.0. The fourth-order valence-electron chi connectivity index (χ4n) is 2.84. The van der Waals surface area contributed by atoms with Gasteiger partial charge in [-0.3, -0.25) is 9.59 Å². The summed E-state index contributed by atoms with van der Waals surface area (Å²) in [6.07, 6.45) is 0.304. The van der Waals surface area contributed by atoms with Crippen LogP contribution in [0.4, 0.5) is 0 Å². The average Bonchev–Trinajstić information content (AvgIpc) is 3.19. The van der Waals surface area contributed by atoms with Crippen molar-refractivity contribution in [3.63, 3.8) is 0 Å². The first-order valence-corrected chi connectivity index (χ1v) is 11.9. The Morgan fingerprint density at radius 2 is 1.96 bits per heavy atom. The van der Waals surface area contributed by atoms with Crippen molar-refractivity contribution in [2.75, 3.05) is 44.8 Å². The highest BCUT2D eigenvalue weighted by Gasteiger charge is 2.31. The molecule has 0 unspecified atom stereocenters. The number of hydrogen-bond donors (Lipinski definition) is 0. The highest BCUT2D eigenvalue weighted by Crippen LogP contribution is 2.25.